The second kappa shape index (κ2) is 3.26. The fourth-order valence-corrected chi connectivity index (χ4v) is 5.59. The van der Waals surface area contributed by atoms with E-state index in [0.717, 1.165) is 12.8 Å². The van der Waals surface area contributed by atoms with Gasteiger partial charge in [-0.25, -0.2) is 0 Å². The molecule has 0 aliphatic heterocycles. The summed E-state index contributed by atoms with van der Waals surface area (Å²) in [6.45, 7) is 0. The van der Waals surface area contributed by atoms with Crippen molar-refractivity contribution in [1.29, 1.82) is 0 Å². The molecule has 4 aliphatic rings. The zero-order valence-corrected chi connectivity index (χ0v) is 10.8. The first-order valence-corrected chi connectivity index (χ1v) is 7.92. The highest BCUT2D eigenvalue weighted by molar-refractivity contribution is 8.20. The Hall–Kier alpha value is 0.01000. The molecule has 5 unspecified atom stereocenters. The van der Waals surface area contributed by atoms with Gasteiger partial charge in [0.1, 0.15) is 0 Å². The lowest BCUT2D eigenvalue weighted by molar-refractivity contribution is -0.444. The maximum Gasteiger partial charge on any atom is 0.390 e. The molecular weight excluding hydrogens is 282 g/mol. The van der Waals surface area contributed by atoms with Crippen LogP contribution in [0.3, 0.4) is 0 Å². The van der Waals surface area contributed by atoms with Gasteiger partial charge in [-0.2, -0.15) is 8.78 Å². The fraction of sp³-hybridized carbons (Fsp3) is 1.00. The van der Waals surface area contributed by atoms with E-state index < -0.39 is 28.5 Å². The van der Waals surface area contributed by atoms with Crippen LogP contribution in [0.15, 0.2) is 0 Å². The van der Waals surface area contributed by atoms with Crippen LogP contribution in [-0.2, 0) is 4.74 Å². The summed E-state index contributed by atoms with van der Waals surface area (Å²) in [4.78, 5) is 0. The minimum atomic E-state index is -5.17. The molecule has 0 saturated heterocycles. The lowest BCUT2D eigenvalue weighted by Crippen LogP contribution is -2.86. The maximum atomic E-state index is 13.3. The average molecular weight is 298 g/mol. The summed E-state index contributed by atoms with van der Waals surface area (Å²) < 4.78 is 57.5. The van der Waals surface area contributed by atoms with Gasteiger partial charge in [-0.05, 0) is 48.3 Å². The Kier molecular flexibility index (Phi) is 2.18. The minimum Gasteiger partial charge on any atom is -0.362 e. The van der Waals surface area contributed by atoms with Crippen molar-refractivity contribution >= 4 is 10.9 Å². The average Bonchev–Trinajstić information content (AvgIpc) is 2.18. The zero-order chi connectivity index (χ0) is 13.8. The summed E-state index contributed by atoms with van der Waals surface area (Å²) in [6, 6.07) is 0. The highest BCUT2D eigenvalue weighted by Gasteiger charge is 2.85. The van der Waals surface area contributed by atoms with E-state index in [1.165, 1.54) is 6.42 Å². The first-order valence-electron chi connectivity index (χ1n) is 6.42. The number of hydrogen-bond acceptors (Lipinski definition) is 5. The Bertz CT molecular complexity index is 417. The van der Waals surface area contributed by atoms with Crippen LogP contribution in [0, 0.1) is 29.1 Å². The second-order valence-electron chi connectivity index (χ2n) is 6.35. The third-order valence-corrected chi connectivity index (χ3v) is 7.01. The molecule has 4 aliphatic carbocycles. The van der Waals surface area contributed by atoms with Gasteiger partial charge in [0.2, 0.25) is 6.29 Å². The van der Waals surface area contributed by atoms with Crippen LogP contribution in [-0.4, -0.2) is 36.4 Å². The van der Waals surface area contributed by atoms with Crippen molar-refractivity contribution in [2.75, 3.05) is 0 Å². The summed E-state index contributed by atoms with van der Waals surface area (Å²) >= 11 is 0. The fourth-order valence-electron chi connectivity index (χ4n) is 5.26. The van der Waals surface area contributed by atoms with Crippen LogP contribution in [0.4, 0.5) is 8.78 Å². The summed E-state index contributed by atoms with van der Waals surface area (Å²) in [5.74, 6) is 1.86. The van der Waals surface area contributed by atoms with Gasteiger partial charge in [0.05, 0.1) is 6.10 Å². The molecule has 5 atom stereocenters. The van der Waals surface area contributed by atoms with Gasteiger partial charge in [-0.15, -0.1) is 0 Å². The van der Waals surface area contributed by atoms with Crippen molar-refractivity contribution in [3.63, 3.8) is 0 Å². The molecule has 19 heavy (non-hydrogen) atoms. The summed E-state index contributed by atoms with van der Waals surface area (Å²) in [6.07, 6.45) is 0.0187. The van der Waals surface area contributed by atoms with Crippen molar-refractivity contribution in [3.8, 4) is 0 Å². The lowest BCUT2D eigenvalue weighted by Gasteiger charge is -2.88. The topological polar surface area (TPSA) is 90.2 Å². The first kappa shape index (κ1) is 12.7. The molecule has 0 aromatic rings. The van der Waals surface area contributed by atoms with Crippen molar-refractivity contribution in [2.45, 2.75) is 36.9 Å². The van der Waals surface area contributed by atoms with Gasteiger partial charge >= 0.3 is 5.25 Å². The maximum absolute atomic E-state index is 13.3. The van der Waals surface area contributed by atoms with E-state index in [9.17, 15) is 13.9 Å². The first-order chi connectivity index (χ1) is 8.70. The number of ether oxygens (including phenoxy) is 1. The smallest absolute Gasteiger partial charge is 0.362 e. The SMILES string of the molecule is OC(OC1C2CC3CC4CC1C342)C(F)(F)S(O)(O)O. The quantitative estimate of drug-likeness (QED) is 0.597. The molecular formula is C11H16F2O5S. The monoisotopic (exact) mass is 298 g/mol. The third kappa shape index (κ3) is 1.16. The van der Waals surface area contributed by atoms with Crippen molar-refractivity contribution < 1.29 is 32.3 Å². The van der Waals surface area contributed by atoms with Crippen LogP contribution >= 0.6 is 10.9 Å². The molecule has 4 N–H and O–H groups in total. The molecule has 4 fully saturated rings. The van der Waals surface area contributed by atoms with Crippen molar-refractivity contribution in [1.82, 2.24) is 0 Å². The van der Waals surface area contributed by atoms with Crippen molar-refractivity contribution in [3.05, 3.63) is 0 Å². The van der Waals surface area contributed by atoms with Crippen LogP contribution in [0.2, 0.25) is 0 Å². The molecule has 0 aromatic carbocycles. The van der Waals surface area contributed by atoms with E-state index >= 15 is 0 Å². The normalized spacial score (nSPS) is 52.6. The molecule has 1 spiro atoms. The van der Waals surface area contributed by atoms with Gasteiger partial charge in [0, 0.05) is 0 Å². The molecule has 8 heteroatoms. The van der Waals surface area contributed by atoms with Crippen LogP contribution < -0.4 is 0 Å². The Morgan fingerprint density at radius 3 is 2.05 bits per heavy atom. The molecule has 0 amide bonds. The molecule has 4 saturated carbocycles. The van der Waals surface area contributed by atoms with E-state index in [-0.39, 0.29) is 11.8 Å². The largest absolute Gasteiger partial charge is 0.390 e. The standard InChI is InChI=1S/C11H16F2O5S/c12-11(13,19(15,16)17)9(14)18-8-6-2-4-1-5-3-7(8)10(4,5)6/h4-9,14-17H,1-3H2. The van der Waals surface area contributed by atoms with Crippen LogP contribution in [0.1, 0.15) is 19.3 Å². The van der Waals surface area contributed by atoms with Gasteiger partial charge in [-0.3, -0.25) is 0 Å². The van der Waals surface area contributed by atoms with E-state index in [2.05, 4.69) is 0 Å². The van der Waals surface area contributed by atoms with Crippen LogP contribution in [0.5, 0.6) is 0 Å². The Morgan fingerprint density at radius 1 is 1.11 bits per heavy atom. The van der Waals surface area contributed by atoms with Gasteiger partial charge in [-0.1, -0.05) is 0 Å². The van der Waals surface area contributed by atoms with E-state index in [4.69, 9.17) is 18.4 Å². The predicted octanol–water partition coefficient (Wildman–Crippen LogP) is 2.18. The van der Waals surface area contributed by atoms with E-state index in [1.54, 1.807) is 0 Å². The summed E-state index contributed by atoms with van der Waals surface area (Å²) in [5.41, 5.74) is 0.307. The summed E-state index contributed by atoms with van der Waals surface area (Å²) in [5, 5.41) is 4.89. The lowest BCUT2D eigenvalue weighted by atomic mass is 9.17. The molecule has 0 heterocycles. The Morgan fingerprint density at radius 2 is 1.63 bits per heavy atom. The Labute approximate surface area is 110 Å². The number of alkyl halides is 2. The van der Waals surface area contributed by atoms with Gasteiger partial charge in [0.25, 0.3) is 0 Å². The molecule has 0 bridgehead atoms. The Balaban J connectivity index is 1.44. The second-order valence-corrected chi connectivity index (χ2v) is 7.93. The molecule has 110 valence electrons. The van der Waals surface area contributed by atoms with Crippen LogP contribution in [0.25, 0.3) is 0 Å². The summed E-state index contributed by atoms with van der Waals surface area (Å²) in [7, 11) is -5.17. The number of halogens is 2. The third-order valence-electron chi connectivity index (χ3n) is 6.08. The van der Waals surface area contributed by atoms with Gasteiger partial charge in [0.15, 0.2) is 10.9 Å². The van der Waals surface area contributed by atoms with E-state index in [0.29, 0.717) is 17.3 Å². The van der Waals surface area contributed by atoms with E-state index in [1.807, 2.05) is 0 Å². The molecule has 0 aromatic heterocycles. The van der Waals surface area contributed by atoms with Crippen molar-refractivity contribution in [2.24, 2.45) is 29.1 Å². The highest BCUT2D eigenvalue weighted by Crippen LogP contribution is 2.88. The minimum absolute atomic E-state index is 0.223. The highest BCUT2D eigenvalue weighted by atomic mass is 32.3. The number of hydrogen-bond donors (Lipinski definition) is 4. The zero-order valence-electron chi connectivity index (χ0n) is 9.95. The molecule has 4 rings (SSSR count). The molecule has 5 nitrogen and oxygen atoms in total. The number of rotatable bonds is 4. The molecule has 0 radical (unpaired) electrons. The van der Waals surface area contributed by atoms with Gasteiger partial charge < -0.3 is 23.5 Å². The number of aliphatic hydroxyl groups excluding tert-OH is 1. The number of aliphatic hydroxyl groups is 1. The predicted molar refractivity (Wildman–Crippen MR) is 61.5 cm³/mol.